The first-order chi connectivity index (χ1) is 18.0. The number of fused-ring (bicyclic) bond motifs is 2. The lowest BCUT2D eigenvalue weighted by molar-refractivity contribution is -0.115. The van der Waals surface area contributed by atoms with E-state index in [-0.39, 0.29) is 17.2 Å². The van der Waals surface area contributed by atoms with Gasteiger partial charge in [-0.3, -0.25) is 14.9 Å². The van der Waals surface area contributed by atoms with Gasteiger partial charge in [0.1, 0.15) is 17.0 Å². The molecule has 0 atom stereocenters. The highest BCUT2D eigenvalue weighted by atomic mass is 19.1. The van der Waals surface area contributed by atoms with E-state index in [1.165, 1.54) is 24.4 Å². The van der Waals surface area contributed by atoms with Crippen LogP contribution in [-0.2, 0) is 4.79 Å². The Balaban J connectivity index is 1.45. The van der Waals surface area contributed by atoms with Crippen molar-refractivity contribution in [2.45, 2.75) is 13.3 Å². The van der Waals surface area contributed by atoms with Gasteiger partial charge in [-0.2, -0.15) is 5.10 Å². The van der Waals surface area contributed by atoms with Gasteiger partial charge in [0.15, 0.2) is 17.3 Å². The fourth-order valence-electron chi connectivity index (χ4n) is 4.24. The van der Waals surface area contributed by atoms with Gasteiger partial charge in [0.25, 0.3) is 0 Å². The van der Waals surface area contributed by atoms with Crippen molar-refractivity contribution in [3.63, 3.8) is 0 Å². The molecule has 0 saturated carbocycles. The van der Waals surface area contributed by atoms with Gasteiger partial charge >= 0.3 is 0 Å². The molecule has 0 aliphatic carbocycles. The van der Waals surface area contributed by atoms with Gasteiger partial charge in [-0.25, -0.2) is 18.7 Å². The van der Waals surface area contributed by atoms with Gasteiger partial charge in [0, 0.05) is 35.3 Å². The zero-order chi connectivity index (χ0) is 25.5. The molecule has 0 fully saturated rings. The van der Waals surface area contributed by atoms with Crippen LogP contribution in [0.15, 0.2) is 67.1 Å². The fourth-order valence-corrected chi connectivity index (χ4v) is 4.24. The average Bonchev–Trinajstić information content (AvgIpc) is 3.53. The van der Waals surface area contributed by atoms with Crippen LogP contribution in [0.1, 0.15) is 13.3 Å². The molecule has 0 aliphatic heterocycles. The number of carbonyl (C=O) groups excluding carboxylic acids is 1. The summed E-state index contributed by atoms with van der Waals surface area (Å²) in [6.45, 7) is 1.76. The quantitative estimate of drug-likeness (QED) is 0.277. The van der Waals surface area contributed by atoms with Gasteiger partial charge in [-0.05, 0) is 47.5 Å². The van der Waals surface area contributed by atoms with Crippen molar-refractivity contribution in [1.29, 1.82) is 0 Å². The van der Waals surface area contributed by atoms with Crippen molar-refractivity contribution in [3.8, 4) is 33.8 Å². The van der Waals surface area contributed by atoms with E-state index >= 15 is 4.39 Å². The topological polar surface area (TPSA) is 112 Å². The number of carbonyl (C=O) groups is 1. The van der Waals surface area contributed by atoms with Crippen molar-refractivity contribution in [2.75, 3.05) is 5.32 Å². The van der Waals surface area contributed by atoms with Crippen LogP contribution in [0.2, 0.25) is 0 Å². The molecule has 182 valence electrons. The minimum atomic E-state index is -0.515. The van der Waals surface area contributed by atoms with Gasteiger partial charge < -0.3 is 10.3 Å². The number of nitrogens with zero attached hydrogens (tertiary/aromatic N) is 4. The number of H-pyrrole nitrogens is 2. The maximum Gasteiger partial charge on any atom is 0.224 e. The second-order valence-electron chi connectivity index (χ2n) is 8.47. The molecular weight excluding hydrogens is 476 g/mol. The first-order valence-electron chi connectivity index (χ1n) is 11.5. The molecule has 37 heavy (non-hydrogen) atoms. The molecule has 0 saturated heterocycles. The monoisotopic (exact) mass is 495 g/mol. The average molecular weight is 495 g/mol. The number of rotatable bonds is 5. The van der Waals surface area contributed by atoms with Gasteiger partial charge in [0.2, 0.25) is 5.91 Å². The third-order valence-electron chi connectivity index (χ3n) is 6.07. The number of imidazole rings is 1. The zero-order valence-electron chi connectivity index (χ0n) is 19.5. The van der Waals surface area contributed by atoms with Crippen molar-refractivity contribution in [2.24, 2.45) is 0 Å². The molecule has 10 heteroatoms. The number of pyridine rings is 2. The molecule has 6 aromatic rings. The Hall–Kier alpha value is -4.99. The number of nitrogens with one attached hydrogen (secondary N) is 3. The highest BCUT2D eigenvalue weighted by molar-refractivity contribution is 5.98. The third kappa shape index (κ3) is 4.08. The summed E-state index contributed by atoms with van der Waals surface area (Å²) in [6, 6.07) is 12.9. The van der Waals surface area contributed by atoms with Gasteiger partial charge in [0.05, 0.1) is 17.4 Å². The van der Waals surface area contributed by atoms with E-state index in [0.29, 0.717) is 51.3 Å². The molecule has 8 nitrogen and oxygen atoms in total. The van der Waals surface area contributed by atoms with Gasteiger partial charge in [-0.15, -0.1) is 0 Å². The second kappa shape index (κ2) is 8.90. The van der Waals surface area contributed by atoms with Crippen LogP contribution in [0.4, 0.5) is 14.5 Å². The Morgan fingerprint density at radius 1 is 1.00 bits per heavy atom. The number of hydrogen-bond donors (Lipinski definition) is 3. The maximum atomic E-state index is 15.1. The SMILES string of the molecule is CCC(=O)Nc1cncc(-c2cc(F)c3n[nH]c(-c4nc5nccc(-c6ccc(F)cc6)c5[nH]4)c3c2)c1. The number of aromatic amines is 2. The van der Waals surface area contributed by atoms with E-state index in [1.54, 1.807) is 43.6 Å². The zero-order valence-corrected chi connectivity index (χ0v) is 19.5. The Labute approximate surface area is 208 Å². The lowest BCUT2D eigenvalue weighted by Gasteiger charge is -2.07. The molecule has 4 aromatic heterocycles. The molecule has 4 heterocycles. The first kappa shape index (κ1) is 22.5. The van der Waals surface area contributed by atoms with E-state index in [0.717, 1.165) is 11.1 Å². The van der Waals surface area contributed by atoms with E-state index in [2.05, 4.69) is 35.5 Å². The number of aromatic nitrogens is 6. The summed E-state index contributed by atoms with van der Waals surface area (Å²) in [5.41, 5.74) is 5.09. The molecular formula is C27H19F2N7O. The fraction of sp³-hybridized carbons (Fsp3) is 0.0741. The summed E-state index contributed by atoms with van der Waals surface area (Å²) in [5, 5.41) is 10.3. The number of halogens is 2. The Morgan fingerprint density at radius 2 is 1.84 bits per heavy atom. The van der Waals surface area contributed by atoms with Crippen molar-refractivity contribution in [3.05, 3.63) is 78.8 Å². The molecule has 6 rings (SSSR count). The predicted molar refractivity (Wildman–Crippen MR) is 136 cm³/mol. The van der Waals surface area contributed by atoms with Crippen LogP contribution < -0.4 is 5.32 Å². The molecule has 0 aliphatic rings. The normalized spacial score (nSPS) is 11.3. The lowest BCUT2D eigenvalue weighted by atomic mass is 10.0. The van der Waals surface area contributed by atoms with Crippen molar-refractivity contribution in [1.82, 2.24) is 30.1 Å². The third-order valence-corrected chi connectivity index (χ3v) is 6.07. The first-order valence-corrected chi connectivity index (χ1v) is 11.5. The molecule has 0 spiro atoms. The number of hydrogen-bond acceptors (Lipinski definition) is 5. The summed E-state index contributed by atoms with van der Waals surface area (Å²) in [5.74, 6) is -0.553. The van der Waals surface area contributed by atoms with Crippen LogP contribution >= 0.6 is 0 Å². The molecule has 0 bridgehead atoms. The Bertz CT molecular complexity index is 1790. The summed E-state index contributed by atoms with van der Waals surface area (Å²) < 4.78 is 28.5. The van der Waals surface area contributed by atoms with Crippen LogP contribution in [-0.4, -0.2) is 36.0 Å². The lowest BCUT2D eigenvalue weighted by Crippen LogP contribution is -2.09. The molecule has 2 aromatic carbocycles. The van der Waals surface area contributed by atoms with Crippen molar-refractivity contribution < 1.29 is 13.6 Å². The smallest absolute Gasteiger partial charge is 0.224 e. The standard InChI is InChI=1S/C27H19F2N7O/c1-2-22(37)32-18-9-16(12-30-13-18)15-10-20-23(21(29)11-15)35-36-25(20)27-33-24-19(7-8-31-26(24)34-27)14-3-5-17(28)6-4-14/h3-13H,2H2,1H3,(H,32,37)(H,35,36)(H,31,33,34). The van der Waals surface area contributed by atoms with Crippen molar-refractivity contribution >= 4 is 33.7 Å². The minimum Gasteiger partial charge on any atom is -0.335 e. The second-order valence-corrected chi connectivity index (χ2v) is 8.47. The molecule has 3 N–H and O–H groups in total. The molecule has 0 unspecified atom stereocenters. The highest BCUT2D eigenvalue weighted by Crippen LogP contribution is 2.34. The largest absolute Gasteiger partial charge is 0.335 e. The van der Waals surface area contributed by atoms with Crippen LogP contribution in [0.3, 0.4) is 0 Å². The maximum absolute atomic E-state index is 15.1. The van der Waals surface area contributed by atoms with E-state index in [1.807, 2.05) is 6.07 Å². The predicted octanol–water partition coefficient (Wildman–Crippen LogP) is 5.86. The summed E-state index contributed by atoms with van der Waals surface area (Å²) in [6.07, 6.45) is 5.10. The van der Waals surface area contributed by atoms with E-state index in [4.69, 9.17) is 0 Å². The number of anilines is 1. The molecule has 0 radical (unpaired) electrons. The van der Waals surface area contributed by atoms with Crippen LogP contribution in [0, 0.1) is 11.6 Å². The summed E-state index contributed by atoms with van der Waals surface area (Å²) in [4.78, 5) is 28.2. The Kier molecular flexibility index (Phi) is 5.41. The summed E-state index contributed by atoms with van der Waals surface area (Å²) >= 11 is 0. The summed E-state index contributed by atoms with van der Waals surface area (Å²) in [7, 11) is 0. The van der Waals surface area contributed by atoms with Gasteiger partial charge in [-0.1, -0.05) is 19.1 Å². The minimum absolute atomic E-state index is 0.142. The number of benzene rings is 2. The Morgan fingerprint density at radius 3 is 2.65 bits per heavy atom. The molecule has 1 amide bonds. The number of amides is 1. The van der Waals surface area contributed by atoms with Crippen LogP contribution in [0.25, 0.3) is 55.8 Å². The van der Waals surface area contributed by atoms with Crippen LogP contribution in [0.5, 0.6) is 0 Å². The highest BCUT2D eigenvalue weighted by Gasteiger charge is 2.18. The van der Waals surface area contributed by atoms with E-state index < -0.39 is 5.82 Å². The van der Waals surface area contributed by atoms with E-state index in [9.17, 15) is 9.18 Å².